The Bertz CT molecular complexity index is 784. The highest BCUT2D eigenvalue weighted by Crippen LogP contribution is 2.19. The fourth-order valence-electron chi connectivity index (χ4n) is 2.73. The predicted octanol–water partition coefficient (Wildman–Crippen LogP) is 3.51. The summed E-state index contributed by atoms with van der Waals surface area (Å²) in [5.41, 5.74) is 5.58. The summed E-state index contributed by atoms with van der Waals surface area (Å²) in [5, 5.41) is 0.488. The molecule has 2 atom stereocenters. The van der Waals surface area contributed by atoms with Gasteiger partial charge >= 0.3 is 6.09 Å². The maximum Gasteiger partial charge on any atom is 0.416 e. The maximum absolute atomic E-state index is 12.9. The van der Waals surface area contributed by atoms with Crippen molar-refractivity contribution in [3.8, 4) is 11.6 Å². The Labute approximate surface area is 169 Å². The van der Waals surface area contributed by atoms with Crippen LogP contribution in [0.15, 0.2) is 48.7 Å². The monoisotopic (exact) mass is 405 g/mol. The number of hydrogen-bond acceptors (Lipinski definition) is 5. The Morgan fingerprint density at radius 1 is 1.14 bits per heavy atom. The molecule has 1 aromatic carbocycles. The van der Waals surface area contributed by atoms with Gasteiger partial charge in [0.05, 0.1) is 11.1 Å². The number of carbonyl (C=O) groups excluding carboxylic acids is 2. The van der Waals surface area contributed by atoms with Crippen LogP contribution in [0.25, 0.3) is 0 Å². The number of rotatable bonds is 8. The van der Waals surface area contributed by atoms with E-state index in [2.05, 4.69) is 4.98 Å². The van der Waals surface area contributed by atoms with Crippen LogP contribution in [0.4, 0.5) is 4.79 Å². The summed E-state index contributed by atoms with van der Waals surface area (Å²) in [7, 11) is 0. The molecule has 2 N–H and O–H groups in total. The van der Waals surface area contributed by atoms with Crippen LogP contribution in [0.1, 0.15) is 20.8 Å². The molecule has 150 valence electrons. The number of ether oxygens (including phenoxy) is 2. The van der Waals surface area contributed by atoms with E-state index in [4.69, 9.17) is 26.8 Å². The SMILES string of the molecule is CC(C)[C@@H](C(N)=O)N(C(=O)Oc1ccccc1)C(C)COc1ccc(Cl)cn1. The second-order valence-electron chi connectivity index (χ2n) is 6.65. The van der Waals surface area contributed by atoms with Crippen LogP contribution in [0, 0.1) is 5.92 Å². The standard InChI is InChI=1S/C20H24ClN3O4/c1-13(2)18(19(22)25)24(20(26)28-16-7-5-4-6-8-16)14(3)12-27-17-10-9-15(21)11-23-17/h4-11,13-14,18H,12H2,1-3H3,(H2,22,25)/t14?,18-/m0/s1. The Hall–Kier alpha value is -2.80. The molecule has 2 aromatic rings. The molecular weight excluding hydrogens is 382 g/mol. The third-order valence-corrected chi connectivity index (χ3v) is 4.25. The molecule has 0 radical (unpaired) electrons. The summed E-state index contributed by atoms with van der Waals surface area (Å²) in [6.45, 7) is 5.47. The van der Waals surface area contributed by atoms with Gasteiger partial charge < -0.3 is 15.2 Å². The minimum absolute atomic E-state index is 0.0923. The van der Waals surface area contributed by atoms with Gasteiger partial charge in [-0.05, 0) is 31.0 Å². The molecular formula is C20H24ClN3O4. The maximum atomic E-state index is 12.9. The summed E-state index contributed by atoms with van der Waals surface area (Å²) >= 11 is 5.82. The van der Waals surface area contributed by atoms with Crippen LogP contribution in [0.3, 0.4) is 0 Å². The number of amides is 2. The molecule has 1 aromatic heterocycles. The molecule has 2 amide bonds. The highest BCUT2D eigenvalue weighted by molar-refractivity contribution is 6.30. The molecule has 0 aliphatic heterocycles. The molecule has 0 fully saturated rings. The van der Waals surface area contributed by atoms with E-state index >= 15 is 0 Å². The van der Waals surface area contributed by atoms with E-state index in [-0.39, 0.29) is 12.5 Å². The number of halogens is 1. The van der Waals surface area contributed by atoms with Crippen molar-refractivity contribution in [3.05, 3.63) is 53.7 Å². The number of primary amides is 1. The van der Waals surface area contributed by atoms with Gasteiger partial charge in [0.1, 0.15) is 18.4 Å². The van der Waals surface area contributed by atoms with Crippen LogP contribution < -0.4 is 15.2 Å². The van der Waals surface area contributed by atoms with Crippen molar-refractivity contribution in [2.45, 2.75) is 32.9 Å². The average Bonchev–Trinajstić information content (AvgIpc) is 2.65. The number of nitrogens with two attached hydrogens (primary N) is 1. The molecule has 7 nitrogen and oxygen atoms in total. The van der Waals surface area contributed by atoms with Gasteiger partial charge in [-0.3, -0.25) is 9.69 Å². The molecule has 28 heavy (non-hydrogen) atoms. The quantitative estimate of drug-likeness (QED) is 0.725. The topological polar surface area (TPSA) is 94.8 Å². The van der Waals surface area contributed by atoms with E-state index in [1.807, 2.05) is 19.9 Å². The number of aromatic nitrogens is 1. The lowest BCUT2D eigenvalue weighted by molar-refractivity contribution is -0.125. The number of carbonyl (C=O) groups is 2. The van der Waals surface area contributed by atoms with Crippen molar-refractivity contribution in [3.63, 3.8) is 0 Å². The fraction of sp³-hybridized carbons (Fsp3) is 0.350. The zero-order valence-corrected chi connectivity index (χ0v) is 16.8. The molecule has 2 rings (SSSR count). The van der Waals surface area contributed by atoms with Crippen molar-refractivity contribution in [2.75, 3.05) is 6.61 Å². The van der Waals surface area contributed by atoms with Crippen molar-refractivity contribution < 1.29 is 19.1 Å². The van der Waals surface area contributed by atoms with Gasteiger partial charge in [0.2, 0.25) is 11.8 Å². The van der Waals surface area contributed by atoms with Crippen molar-refractivity contribution in [1.29, 1.82) is 0 Å². The molecule has 0 spiro atoms. The highest BCUT2D eigenvalue weighted by atomic mass is 35.5. The van der Waals surface area contributed by atoms with Gasteiger partial charge in [-0.15, -0.1) is 0 Å². The second-order valence-corrected chi connectivity index (χ2v) is 7.09. The summed E-state index contributed by atoms with van der Waals surface area (Å²) in [6.07, 6.45) is 0.785. The van der Waals surface area contributed by atoms with Crippen LogP contribution in [-0.4, -0.2) is 40.6 Å². The first-order chi connectivity index (χ1) is 13.3. The first kappa shape index (κ1) is 21.5. The van der Waals surface area contributed by atoms with Gasteiger partial charge in [-0.2, -0.15) is 0 Å². The van der Waals surface area contributed by atoms with Gasteiger partial charge in [0, 0.05) is 12.3 Å². The van der Waals surface area contributed by atoms with Crippen molar-refractivity contribution >= 4 is 23.6 Å². The number of hydrogen-bond donors (Lipinski definition) is 1. The largest absolute Gasteiger partial charge is 0.475 e. The van der Waals surface area contributed by atoms with Crippen LogP contribution in [0.5, 0.6) is 11.6 Å². The summed E-state index contributed by atoms with van der Waals surface area (Å²) in [4.78, 5) is 30.3. The lowest BCUT2D eigenvalue weighted by atomic mass is 10.0. The first-order valence-electron chi connectivity index (χ1n) is 8.88. The van der Waals surface area contributed by atoms with Crippen molar-refractivity contribution in [2.24, 2.45) is 11.7 Å². The molecule has 0 bridgehead atoms. The zero-order chi connectivity index (χ0) is 20.7. The Balaban J connectivity index is 2.19. The number of para-hydroxylation sites is 1. The summed E-state index contributed by atoms with van der Waals surface area (Å²) < 4.78 is 11.1. The molecule has 0 saturated heterocycles. The summed E-state index contributed by atoms with van der Waals surface area (Å²) in [5.74, 6) is -0.0989. The van der Waals surface area contributed by atoms with Crippen LogP contribution in [-0.2, 0) is 4.79 Å². The molecule has 1 unspecified atom stereocenters. The van der Waals surface area contributed by atoms with Gasteiger partial charge in [-0.25, -0.2) is 9.78 Å². The van der Waals surface area contributed by atoms with E-state index in [1.54, 1.807) is 43.3 Å². The van der Waals surface area contributed by atoms with E-state index in [0.717, 1.165) is 0 Å². The van der Waals surface area contributed by atoms with Gasteiger partial charge in [-0.1, -0.05) is 43.6 Å². The minimum atomic E-state index is -0.854. The van der Waals surface area contributed by atoms with E-state index in [0.29, 0.717) is 16.7 Å². The lowest BCUT2D eigenvalue weighted by Gasteiger charge is -2.35. The van der Waals surface area contributed by atoms with E-state index in [9.17, 15) is 9.59 Å². The zero-order valence-electron chi connectivity index (χ0n) is 16.0. The number of nitrogens with zero attached hydrogens (tertiary/aromatic N) is 2. The number of pyridine rings is 1. The molecule has 0 saturated carbocycles. The molecule has 1 heterocycles. The Morgan fingerprint density at radius 3 is 2.36 bits per heavy atom. The van der Waals surface area contributed by atoms with Gasteiger partial charge in [0.25, 0.3) is 0 Å². The van der Waals surface area contributed by atoms with Crippen LogP contribution >= 0.6 is 11.6 Å². The molecule has 8 heteroatoms. The minimum Gasteiger partial charge on any atom is -0.475 e. The van der Waals surface area contributed by atoms with E-state index in [1.165, 1.54) is 11.1 Å². The first-order valence-corrected chi connectivity index (χ1v) is 9.26. The summed E-state index contributed by atoms with van der Waals surface area (Å²) in [6, 6.07) is 10.5. The normalized spacial score (nSPS) is 12.9. The Kier molecular flexibility index (Phi) is 7.63. The van der Waals surface area contributed by atoms with Gasteiger partial charge in [0.15, 0.2) is 0 Å². The van der Waals surface area contributed by atoms with Crippen molar-refractivity contribution in [1.82, 2.24) is 9.88 Å². The third kappa shape index (κ3) is 5.85. The molecule has 0 aliphatic carbocycles. The van der Waals surface area contributed by atoms with Crippen LogP contribution in [0.2, 0.25) is 5.02 Å². The fourth-order valence-corrected chi connectivity index (χ4v) is 2.84. The number of benzene rings is 1. The average molecular weight is 406 g/mol. The highest BCUT2D eigenvalue weighted by Gasteiger charge is 2.36. The Morgan fingerprint density at radius 2 is 1.82 bits per heavy atom. The van der Waals surface area contributed by atoms with E-state index < -0.39 is 24.1 Å². The molecule has 0 aliphatic rings. The second kappa shape index (κ2) is 9.94. The predicted molar refractivity (Wildman–Crippen MR) is 106 cm³/mol. The third-order valence-electron chi connectivity index (χ3n) is 4.03. The smallest absolute Gasteiger partial charge is 0.416 e. The lowest BCUT2D eigenvalue weighted by Crippen LogP contribution is -2.56.